The van der Waals surface area contributed by atoms with Crippen molar-refractivity contribution in [3.8, 4) is 5.69 Å². The number of nitrogens with zero attached hydrogens (tertiary/aromatic N) is 2. The second-order valence-corrected chi connectivity index (χ2v) is 7.37. The Morgan fingerprint density at radius 1 is 1.07 bits per heavy atom. The maximum atomic E-state index is 13.1. The number of halogens is 1. The largest absolute Gasteiger partial charge is 0.459 e. The molecule has 0 saturated heterocycles. The van der Waals surface area contributed by atoms with E-state index in [2.05, 4.69) is 10.4 Å². The number of ether oxygens (including phenoxy) is 1. The first-order chi connectivity index (χ1) is 14.4. The van der Waals surface area contributed by atoms with Crippen molar-refractivity contribution in [2.24, 2.45) is 5.92 Å². The third-order valence-corrected chi connectivity index (χ3v) is 4.43. The number of nitrogens with one attached hydrogen (secondary N) is 1. The first-order valence-corrected chi connectivity index (χ1v) is 9.75. The van der Waals surface area contributed by atoms with Crippen LogP contribution in [-0.4, -0.2) is 27.7 Å². The number of rotatable bonds is 8. The number of hydrogen-bond donors (Lipinski definition) is 1. The van der Waals surface area contributed by atoms with Crippen LogP contribution in [0.25, 0.3) is 5.69 Å². The fourth-order valence-corrected chi connectivity index (χ4v) is 2.93. The van der Waals surface area contributed by atoms with Crippen LogP contribution in [-0.2, 0) is 16.1 Å². The van der Waals surface area contributed by atoms with Crippen molar-refractivity contribution in [3.05, 3.63) is 83.9 Å². The predicted molar refractivity (Wildman–Crippen MR) is 110 cm³/mol. The fourth-order valence-electron chi connectivity index (χ4n) is 2.93. The number of benzene rings is 2. The van der Waals surface area contributed by atoms with Crippen molar-refractivity contribution in [2.75, 3.05) is 0 Å². The third kappa shape index (κ3) is 5.76. The summed E-state index contributed by atoms with van der Waals surface area (Å²) in [5.41, 5.74) is 1.65. The standard InChI is InChI=1S/C23H24FN3O3/c1-16(2)14-21(23(29)30-15-17-6-4-3-5-7-17)25-22(28)20-12-13-27(26-20)19-10-8-18(24)9-11-19/h3-13,16,21H,14-15H2,1-2H3,(H,25,28)/t21-/m0/s1. The number of carbonyl (C=O) groups excluding carboxylic acids is 2. The first-order valence-electron chi connectivity index (χ1n) is 9.75. The van der Waals surface area contributed by atoms with Gasteiger partial charge in [0.15, 0.2) is 5.69 Å². The van der Waals surface area contributed by atoms with Crippen LogP contribution in [0.2, 0.25) is 0 Å². The van der Waals surface area contributed by atoms with E-state index in [4.69, 9.17) is 4.74 Å². The van der Waals surface area contributed by atoms with Gasteiger partial charge in [0.05, 0.1) is 5.69 Å². The molecule has 1 aromatic heterocycles. The maximum absolute atomic E-state index is 13.1. The summed E-state index contributed by atoms with van der Waals surface area (Å²) in [5.74, 6) is -1.14. The Bertz CT molecular complexity index is 984. The number of amides is 1. The Morgan fingerprint density at radius 3 is 2.43 bits per heavy atom. The zero-order valence-electron chi connectivity index (χ0n) is 16.9. The molecule has 0 saturated carbocycles. The molecule has 1 atom stereocenters. The lowest BCUT2D eigenvalue weighted by Crippen LogP contribution is -2.42. The van der Waals surface area contributed by atoms with Gasteiger partial charge in [-0.2, -0.15) is 5.10 Å². The highest BCUT2D eigenvalue weighted by Gasteiger charge is 2.25. The van der Waals surface area contributed by atoms with Crippen molar-refractivity contribution < 1.29 is 18.7 Å². The van der Waals surface area contributed by atoms with E-state index >= 15 is 0 Å². The highest BCUT2D eigenvalue weighted by Crippen LogP contribution is 2.12. The Hall–Kier alpha value is -3.48. The van der Waals surface area contributed by atoms with E-state index < -0.39 is 17.9 Å². The lowest BCUT2D eigenvalue weighted by atomic mass is 10.0. The van der Waals surface area contributed by atoms with E-state index in [0.717, 1.165) is 5.56 Å². The molecular formula is C23H24FN3O3. The molecule has 0 fully saturated rings. The molecule has 1 amide bonds. The molecule has 0 aliphatic carbocycles. The highest BCUT2D eigenvalue weighted by molar-refractivity contribution is 5.95. The van der Waals surface area contributed by atoms with Crippen molar-refractivity contribution >= 4 is 11.9 Å². The topological polar surface area (TPSA) is 73.2 Å². The Kier molecular flexibility index (Phi) is 6.95. The molecular weight excluding hydrogens is 385 g/mol. The molecule has 6 nitrogen and oxygen atoms in total. The van der Waals surface area contributed by atoms with Crippen LogP contribution in [0.1, 0.15) is 36.3 Å². The third-order valence-electron chi connectivity index (χ3n) is 4.43. The van der Waals surface area contributed by atoms with Gasteiger partial charge in [-0.3, -0.25) is 4.79 Å². The molecule has 0 radical (unpaired) electrons. The summed E-state index contributed by atoms with van der Waals surface area (Å²) >= 11 is 0. The maximum Gasteiger partial charge on any atom is 0.328 e. The minimum Gasteiger partial charge on any atom is -0.459 e. The SMILES string of the molecule is CC(C)C[C@H](NC(=O)c1ccn(-c2ccc(F)cc2)n1)C(=O)OCc1ccccc1. The van der Waals surface area contributed by atoms with Gasteiger partial charge in [-0.1, -0.05) is 44.2 Å². The Morgan fingerprint density at radius 2 is 1.77 bits per heavy atom. The predicted octanol–water partition coefficient (Wildman–Crippen LogP) is 3.90. The van der Waals surface area contributed by atoms with Crippen LogP contribution in [0.5, 0.6) is 0 Å². The van der Waals surface area contributed by atoms with Gasteiger partial charge in [0.1, 0.15) is 18.5 Å². The Balaban J connectivity index is 1.66. The summed E-state index contributed by atoms with van der Waals surface area (Å²) in [6.45, 7) is 4.07. The van der Waals surface area contributed by atoms with Crippen LogP contribution in [0.4, 0.5) is 4.39 Å². The zero-order chi connectivity index (χ0) is 21.5. The average molecular weight is 409 g/mol. The van der Waals surface area contributed by atoms with Gasteiger partial charge in [-0.15, -0.1) is 0 Å². The molecule has 7 heteroatoms. The summed E-state index contributed by atoms with van der Waals surface area (Å²) in [6.07, 6.45) is 2.05. The molecule has 1 heterocycles. The normalized spacial score (nSPS) is 11.9. The number of hydrogen-bond acceptors (Lipinski definition) is 4. The van der Waals surface area contributed by atoms with Gasteiger partial charge in [0, 0.05) is 6.20 Å². The number of aromatic nitrogens is 2. The molecule has 0 unspecified atom stereocenters. The van der Waals surface area contributed by atoms with Crippen LogP contribution >= 0.6 is 0 Å². The van der Waals surface area contributed by atoms with Gasteiger partial charge in [-0.25, -0.2) is 13.9 Å². The minimum absolute atomic E-state index is 0.142. The van der Waals surface area contributed by atoms with Gasteiger partial charge in [0.25, 0.3) is 5.91 Å². The summed E-state index contributed by atoms with van der Waals surface area (Å²) < 4.78 is 20.0. The van der Waals surface area contributed by atoms with E-state index in [1.807, 2.05) is 44.2 Å². The molecule has 0 aliphatic heterocycles. The zero-order valence-corrected chi connectivity index (χ0v) is 16.9. The van der Waals surface area contributed by atoms with Gasteiger partial charge >= 0.3 is 5.97 Å². The van der Waals surface area contributed by atoms with Crippen molar-refractivity contribution in [2.45, 2.75) is 32.9 Å². The quantitative estimate of drug-likeness (QED) is 0.573. The molecule has 156 valence electrons. The Labute approximate surface area is 174 Å². The van der Waals surface area contributed by atoms with E-state index in [1.54, 1.807) is 24.4 Å². The molecule has 2 aromatic carbocycles. The molecule has 1 N–H and O–H groups in total. The second-order valence-electron chi connectivity index (χ2n) is 7.37. The van der Waals surface area contributed by atoms with E-state index in [-0.39, 0.29) is 24.0 Å². The second kappa shape index (κ2) is 9.82. The first kappa shape index (κ1) is 21.2. The molecule has 3 rings (SSSR count). The molecule has 30 heavy (non-hydrogen) atoms. The lowest BCUT2D eigenvalue weighted by molar-refractivity contribution is -0.147. The van der Waals surface area contributed by atoms with Gasteiger partial charge < -0.3 is 10.1 Å². The van der Waals surface area contributed by atoms with Gasteiger partial charge in [-0.05, 0) is 48.2 Å². The van der Waals surface area contributed by atoms with E-state index in [9.17, 15) is 14.0 Å². The smallest absolute Gasteiger partial charge is 0.328 e. The monoisotopic (exact) mass is 409 g/mol. The van der Waals surface area contributed by atoms with E-state index in [1.165, 1.54) is 16.8 Å². The molecule has 0 spiro atoms. The average Bonchev–Trinajstić information content (AvgIpc) is 3.23. The lowest BCUT2D eigenvalue weighted by Gasteiger charge is -2.19. The van der Waals surface area contributed by atoms with E-state index in [0.29, 0.717) is 12.1 Å². The van der Waals surface area contributed by atoms with Crippen molar-refractivity contribution in [3.63, 3.8) is 0 Å². The van der Waals surface area contributed by atoms with Crippen molar-refractivity contribution in [1.29, 1.82) is 0 Å². The number of esters is 1. The van der Waals surface area contributed by atoms with Crippen LogP contribution < -0.4 is 5.32 Å². The summed E-state index contributed by atoms with van der Waals surface area (Å²) in [4.78, 5) is 25.2. The number of carbonyl (C=O) groups is 2. The summed E-state index contributed by atoms with van der Waals surface area (Å²) in [6, 6.07) is 15.9. The molecule has 0 bridgehead atoms. The van der Waals surface area contributed by atoms with Crippen molar-refractivity contribution in [1.82, 2.24) is 15.1 Å². The minimum atomic E-state index is -0.780. The summed E-state index contributed by atoms with van der Waals surface area (Å²) in [7, 11) is 0. The van der Waals surface area contributed by atoms with Gasteiger partial charge in [0.2, 0.25) is 0 Å². The summed E-state index contributed by atoms with van der Waals surface area (Å²) in [5, 5.41) is 6.95. The fraction of sp³-hybridized carbons (Fsp3) is 0.261. The molecule has 3 aromatic rings. The van der Waals surface area contributed by atoms with Crippen LogP contribution in [0, 0.1) is 11.7 Å². The molecule has 0 aliphatic rings. The highest BCUT2D eigenvalue weighted by atomic mass is 19.1. The van der Waals surface area contributed by atoms with Crippen LogP contribution in [0.15, 0.2) is 66.9 Å². The van der Waals surface area contributed by atoms with Crippen LogP contribution in [0.3, 0.4) is 0 Å².